The molecule has 23 heavy (non-hydrogen) atoms. The molecule has 3 rings (SSSR count). The molecule has 1 saturated heterocycles. The number of nitrogens with one attached hydrogen (secondary N) is 1. The Bertz CT molecular complexity index is 626. The lowest BCUT2D eigenvalue weighted by Gasteiger charge is -2.31. The molecule has 1 aliphatic rings. The molecule has 122 valence electrons. The third-order valence-electron chi connectivity index (χ3n) is 4.56. The van der Waals surface area contributed by atoms with Gasteiger partial charge in [0.2, 0.25) is 0 Å². The van der Waals surface area contributed by atoms with Gasteiger partial charge in [0.15, 0.2) is 0 Å². The van der Waals surface area contributed by atoms with Crippen molar-refractivity contribution >= 4 is 5.91 Å². The number of H-pyrrole nitrogens is 1. The standard InChI is InChI=1S/C18H24N4O/c1-13(2)16-4-3-15(12-21-16)18(23)22-9-5-14(6-10-22)11-17-19-7-8-20-17/h3-4,7-8,12-14H,5-6,9-11H2,1-2H3,(H,19,20). The summed E-state index contributed by atoms with van der Waals surface area (Å²) in [6.07, 6.45) is 8.41. The average Bonchev–Trinajstić information content (AvgIpc) is 3.08. The predicted molar refractivity (Wildman–Crippen MR) is 89.2 cm³/mol. The van der Waals surface area contributed by atoms with E-state index in [2.05, 4.69) is 28.8 Å². The molecule has 1 aliphatic heterocycles. The zero-order valence-electron chi connectivity index (χ0n) is 13.8. The number of hydrogen-bond acceptors (Lipinski definition) is 3. The Balaban J connectivity index is 1.55. The zero-order chi connectivity index (χ0) is 16.2. The van der Waals surface area contributed by atoms with Crippen LogP contribution in [0.25, 0.3) is 0 Å². The van der Waals surface area contributed by atoms with Crippen LogP contribution in [0.3, 0.4) is 0 Å². The molecule has 0 saturated carbocycles. The minimum Gasteiger partial charge on any atom is -0.349 e. The Morgan fingerprint density at radius 1 is 1.30 bits per heavy atom. The highest BCUT2D eigenvalue weighted by Crippen LogP contribution is 2.22. The number of aromatic amines is 1. The van der Waals surface area contributed by atoms with Crippen LogP contribution in [-0.4, -0.2) is 38.8 Å². The number of imidazole rings is 1. The summed E-state index contributed by atoms with van der Waals surface area (Å²) in [6.45, 7) is 5.84. The number of nitrogens with zero attached hydrogens (tertiary/aromatic N) is 3. The second-order valence-corrected chi connectivity index (χ2v) is 6.60. The summed E-state index contributed by atoms with van der Waals surface area (Å²) < 4.78 is 0. The molecular formula is C18H24N4O. The quantitative estimate of drug-likeness (QED) is 0.944. The molecule has 0 bridgehead atoms. The molecule has 3 heterocycles. The maximum absolute atomic E-state index is 12.6. The van der Waals surface area contributed by atoms with Crippen LogP contribution in [0.5, 0.6) is 0 Å². The lowest BCUT2D eigenvalue weighted by molar-refractivity contribution is 0.0689. The fourth-order valence-corrected chi connectivity index (χ4v) is 3.08. The second-order valence-electron chi connectivity index (χ2n) is 6.60. The van der Waals surface area contributed by atoms with Gasteiger partial charge in [0.05, 0.1) is 5.56 Å². The summed E-state index contributed by atoms with van der Waals surface area (Å²) >= 11 is 0. The van der Waals surface area contributed by atoms with Crippen LogP contribution in [0.4, 0.5) is 0 Å². The molecule has 2 aromatic heterocycles. The van der Waals surface area contributed by atoms with Crippen LogP contribution in [0.1, 0.15) is 54.5 Å². The first-order chi connectivity index (χ1) is 11.1. The molecule has 5 nitrogen and oxygen atoms in total. The SMILES string of the molecule is CC(C)c1ccc(C(=O)N2CCC(Cc3ncc[nH]3)CC2)cn1. The fourth-order valence-electron chi connectivity index (χ4n) is 3.08. The normalized spacial score (nSPS) is 16.0. The number of carbonyl (C=O) groups excluding carboxylic acids is 1. The number of aromatic nitrogens is 3. The van der Waals surface area contributed by atoms with Crippen LogP contribution in [0.2, 0.25) is 0 Å². The maximum atomic E-state index is 12.6. The van der Waals surface area contributed by atoms with Crippen molar-refractivity contribution in [2.45, 2.75) is 39.0 Å². The molecule has 0 atom stereocenters. The first kappa shape index (κ1) is 15.7. The number of hydrogen-bond donors (Lipinski definition) is 1. The topological polar surface area (TPSA) is 61.9 Å². The van der Waals surface area contributed by atoms with Crippen molar-refractivity contribution in [1.82, 2.24) is 19.9 Å². The van der Waals surface area contributed by atoms with E-state index in [0.29, 0.717) is 17.4 Å². The van der Waals surface area contributed by atoms with Crippen LogP contribution in [0.15, 0.2) is 30.7 Å². The molecule has 0 unspecified atom stereocenters. The van der Waals surface area contributed by atoms with E-state index >= 15 is 0 Å². The van der Waals surface area contributed by atoms with E-state index in [1.807, 2.05) is 23.2 Å². The van der Waals surface area contributed by atoms with Gasteiger partial charge < -0.3 is 9.88 Å². The van der Waals surface area contributed by atoms with Gasteiger partial charge in [0.1, 0.15) is 5.82 Å². The number of amides is 1. The van der Waals surface area contributed by atoms with Crippen molar-refractivity contribution in [3.05, 3.63) is 47.8 Å². The van der Waals surface area contributed by atoms with Crippen molar-refractivity contribution in [3.8, 4) is 0 Å². The second kappa shape index (κ2) is 6.94. The van der Waals surface area contributed by atoms with E-state index < -0.39 is 0 Å². The first-order valence-corrected chi connectivity index (χ1v) is 8.37. The van der Waals surface area contributed by atoms with Gasteiger partial charge in [-0.25, -0.2) is 4.98 Å². The number of rotatable bonds is 4. The average molecular weight is 312 g/mol. The Kier molecular flexibility index (Phi) is 4.74. The molecule has 0 radical (unpaired) electrons. The maximum Gasteiger partial charge on any atom is 0.255 e. The van der Waals surface area contributed by atoms with Gasteiger partial charge in [-0.15, -0.1) is 0 Å². The van der Waals surface area contributed by atoms with Gasteiger partial charge in [0.25, 0.3) is 5.91 Å². The van der Waals surface area contributed by atoms with E-state index in [1.165, 1.54) is 0 Å². The van der Waals surface area contributed by atoms with Gasteiger partial charge in [0, 0.05) is 43.8 Å². The molecule has 1 amide bonds. The van der Waals surface area contributed by atoms with Crippen molar-refractivity contribution in [3.63, 3.8) is 0 Å². The molecule has 5 heteroatoms. The van der Waals surface area contributed by atoms with Crippen molar-refractivity contribution in [2.24, 2.45) is 5.92 Å². The zero-order valence-corrected chi connectivity index (χ0v) is 13.8. The third kappa shape index (κ3) is 3.78. The number of likely N-dealkylation sites (tertiary alicyclic amines) is 1. The summed E-state index contributed by atoms with van der Waals surface area (Å²) in [5.41, 5.74) is 1.72. The smallest absolute Gasteiger partial charge is 0.255 e. The Morgan fingerprint density at radius 3 is 2.65 bits per heavy atom. The highest BCUT2D eigenvalue weighted by molar-refractivity contribution is 5.94. The molecule has 1 N–H and O–H groups in total. The number of piperidine rings is 1. The monoisotopic (exact) mass is 312 g/mol. The Morgan fingerprint density at radius 2 is 2.09 bits per heavy atom. The van der Waals surface area contributed by atoms with E-state index in [0.717, 1.165) is 43.9 Å². The van der Waals surface area contributed by atoms with Gasteiger partial charge in [-0.3, -0.25) is 9.78 Å². The Hall–Kier alpha value is -2.17. The summed E-state index contributed by atoms with van der Waals surface area (Å²) in [6, 6.07) is 3.86. The van der Waals surface area contributed by atoms with Crippen molar-refractivity contribution in [2.75, 3.05) is 13.1 Å². The van der Waals surface area contributed by atoms with Crippen molar-refractivity contribution in [1.29, 1.82) is 0 Å². The van der Waals surface area contributed by atoms with Crippen LogP contribution >= 0.6 is 0 Å². The number of pyridine rings is 1. The molecule has 0 aliphatic carbocycles. The lowest BCUT2D eigenvalue weighted by Crippen LogP contribution is -2.39. The molecular weight excluding hydrogens is 288 g/mol. The Labute approximate surface area is 137 Å². The van der Waals surface area contributed by atoms with Gasteiger partial charge in [-0.1, -0.05) is 13.8 Å². The van der Waals surface area contributed by atoms with Crippen LogP contribution in [-0.2, 0) is 6.42 Å². The molecule has 0 aromatic carbocycles. The summed E-state index contributed by atoms with van der Waals surface area (Å²) in [4.78, 5) is 26.4. The highest BCUT2D eigenvalue weighted by Gasteiger charge is 2.24. The van der Waals surface area contributed by atoms with Gasteiger partial charge in [-0.2, -0.15) is 0 Å². The first-order valence-electron chi connectivity index (χ1n) is 8.37. The van der Waals surface area contributed by atoms with Crippen molar-refractivity contribution < 1.29 is 4.79 Å². The minimum absolute atomic E-state index is 0.101. The highest BCUT2D eigenvalue weighted by atomic mass is 16.2. The molecule has 0 spiro atoms. The van der Waals surface area contributed by atoms with Crippen LogP contribution in [0, 0.1) is 5.92 Å². The third-order valence-corrected chi connectivity index (χ3v) is 4.56. The van der Waals surface area contributed by atoms with E-state index in [9.17, 15) is 4.79 Å². The van der Waals surface area contributed by atoms with Gasteiger partial charge >= 0.3 is 0 Å². The predicted octanol–water partition coefficient (Wildman–Crippen LogP) is 3.02. The minimum atomic E-state index is 0.101. The largest absolute Gasteiger partial charge is 0.349 e. The molecule has 2 aromatic rings. The fraction of sp³-hybridized carbons (Fsp3) is 0.500. The molecule has 1 fully saturated rings. The number of carbonyl (C=O) groups is 1. The van der Waals surface area contributed by atoms with E-state index in [-0.39, 0.29) is 5.91 Å². The van der Waals surface area contributed by atoms with Gasteiger partial charge in [-0.05, 0) is 36.8 Å². The summed E-state index contributed by atoms with van der Waals surface area (Å²) in [5.74, 6) is 2.13. The van der Waals surface area contributed by atoms with E-state index in [4.69, 9.17) is 0 Å². The lowest BCUT2D eigenvalue weighted by atomic mass is 9.93. The summed E-state index contributed by atoms with van der Waals surface area (Å²) in [5, 5.41) is 0. The summed E-state index contributed by atoms with van der Waals surface area (Å²) in [7, 11) is 0. The van der Waals surface area contributed by atoms with Crippen LogP contribution < -0.4 is 0 Å². The van der Waals surface area contributed by atoms with E-state index in [1.54, 1.807) is 12.4 Å².